The van der Waals surface area contributed by atoms with Gasteiger partial charge in [-0.05, 0) is 156 Å². The fourth-order valence-corrected chi connectivity index (χ4v) is 11.6. The van der Waals surface area contributed by atoms with E-state index in [0.717, 1.165) is 0 Å². The maximum atomic E-state index is 2.46. The van der Waals surface area contributed by atoms with Crippen LogP contribution in [0.3, 0.4) is 0 Å². The van der Waals surface area contributed by atoms with E-state index in [1.54, 1.807) is 0 Å². The summed E-state index contributed by atoms with van der Waals surface area (Å²) in [6.07, 6.45) is 0. The molecule has 0 aliphatic heterocycles. The van der Waals surface area contributed by atoms with E-state index >= 15 is 0 Å². The predicted octanol–water partition coefficient (Wildman–Crippen LogP) is 18.4. The van der Waals surface area contributed by atoms with E-state index in [4.69, 9.17) is 0 Å². The van der Waals surface area contributed by atoms with Crippen molar-refractivity contribution in [1.82, 2.24) is 0 Å². The minimum absolute atomic E-state index is 1.22. The van der Waals surface area contributed by atoms with Crippen LogP contribution >= 0.6 is 0 Å². The number of hydrogen-bond donors (Lipinski definition) is 0. The molecule has 0 fully saturated rings. The molecular formula is C66H40. The van der Waals surface area contributed by atoms with Gasteiger partial charge >= 0.3 is 0 Å². The molecule has 0 saturated heterocycles. The predicted molar refractivity (Wildman–Crippen MR) is 280 cm³/mol. The fourth-order valence-electron chi connectivity index (χ4n) is 11.6. The summed E-state index contributed by atoms with van der Waals surface area (Å²) in [4.78, 5) is 0. The average Bonchev–Trinajstić information content (AvgIpc) is 3.90. The van der Waals surface area contributed by atoms with Crippen molar-refractivity contribution in [3.63, 3.8) is 0 Å². The molecule has 0 N–H and O–H groups in total. The van der Waals surface area contributed by atoms with Crippen molar-refractivity contribution in [1.29, 1.82) is 0 Å². The van der Waals surface area contributed by atoms with E-state index in [2.05, 4.69) is 243 Å². The minimum Gasteiger partial charge on any atom is -0.0622 e. The third-order valence-corrected chi connectivity index (χ3v) is 14.3. The molecule has 0 bridgehead atoms. The Bertz CT molecular complexity index is 3650. The summed E-state index contributed by atoms with van der Waals surface area (Å²) in [5.74, 6) is 0. The molecule has 2 aliphatic rings. The summed E-state index contributed by atoms with van der Waals surface area (Å²) >= 11 is 0. The van der Waals surface area contributed by atoms with Crippen LogP contribution in [0.25, 0.3) is 144 Å². The average molecular weight is 833 g/mol. The molecule has 66 heavy (non-hydrogen) atoms. The normalized spacial score (nSPS) is 11.9. The highest BCUT2D eigenvalue weighted by Crippen LogP contribution is 2.64. The highest BCUT2D eigenvalue weighted by molar-refractivity contribution is 6.35. The molecule has 0 heteroatoms. The molecule has 304 valence electrons. The number of hydrogen-bond acceptors (Lipinski definition) is 0. The first kappa shape index (κ1) is 36.9. The van der Waals surface area contributed by atoms with Gasteiger partial charge in [-0.1, -0.05) is 231 Å². The van der Waals surface area contributed by atoms with E-state index in [9.17, 15) is 0 Å². The Labute approximate surface area is 384 Å². The van der Waals surface area contributed by atoms with Crippen molar-refractivity contribution in [2.75, 3.05) is 0 Å². The summed E-state index contributed by atoms with van der Waals surface area (Å²) in [5.41, 5.74) is 25.4. The van der Waals surface area contributed by atoms with Crippen molar-refractivity contribution in [3.05, 3.63) is 243 Å². The van der Waals surface area contributed by atoms with Crippen LogP contribution in [-0.4, -0.2) is 0 Å². The van der Waals surface area contributed by atoms with Gasteiger partial charge in [0.1, 0.15) is 0 Å². The topological polar surface area (TPSA) is 0 Å². The molecule has 0 radical (unpaired) electrons. The quantitative estimate of drug-likeness (QED) is 0.157. The van der Waals surface area contributed by atoms with Crippen molar-refractivity contribution in [3.8, 4) is 111 Å². The van der Waals surface area contributed by atoms with Crippen LogP contribution in [-0.2, 0) is 0 Å². The zero-order chi connectivity index (χ0) is 43.3. The smallest absolute Gasteiger partial charge is 0.000740 e. The Kier molecular flexibility index (Phi) is 8.08. The number of rotatable bonds is 6. The lowest BCUT2D eigenvalue weighted by Gasteiger charge is -2.22. The van der Waals surface area contributed by atoms with Gasteiger partial charge in [-0.15, -0.1) is 0 Å². The molecule has 0 nitrogen and oxygen atoms in total. The minimum atomic E-state index is 1.22. The lowest BCUT2D eigenvalue weighted by molar-refractivity contribution is 1.60. The van der Waals surface area contributed by atoms with Crippen molar-refractivity contribution >= 4 is 32.3 Å². The summed E-state index contributed by atoms with van der Waals surface area (Å²) in [6.45, 7) is 0. The van der Waals surface area contributed by atoms with Crippen LogP contribution < -0.4 is 0 Å². The van der Waals surface area contributed by atoms with Crippen LogP contribution in [0.5, 0.6) is 0 Å². The highest BCUT2D eigenvalue weighted by atomic mass is 14.4. The fraction of sp³-hybridized carbons (Fsp3) is 0. The van der Waals surface area contributed by atoms with E-state index in [0.29, 0.717) is 0 Å². The third-order valence-electron chi connectivity index (χ3n) is 14.3. The zero-order valence-electron chi connectivity index (χ0n) is 36.1. The monoisotopic (exact) mass is 832 g/mol. The molecule has 0 heterocycles. The van der Waals surface area contributed by atoms with Crippen LogP contribution in [0.15, 0.2) is 243 Å². The first-order chi connectivity index (χ1) is 32.8. The largest absolute Gasteiger partial charge is 0.0622 e. The standard InChI is InChI=1S/C66H40/c1-7-19-41(20-8-1)47-31-33-49-55(39-47)59(45-27-15-5-16-28-45)65-53-37-38-54-62-52(36-35-51(61(53)62)63(65)57(49)43-23-11-3-12-24-43)64-58(44-25-13-4-14-26-44)50-34-32-48(42-21-9-2-10-22-42)40-56(50)60(66(54)64)46-29-17-6-18-30-46/h1-40H. The van der Waals surface area contributed by atoms with Gasteiger partial charge in [-0.2, -0.15) is 0 Å². The first-order valence-corrected chi connectivity index (χ1v) is 23.0. The van der Waals surface area contributed by atoms with Crippen molar-refractivity contribution in [2.45, 2.75) is 0 Å². The van der Waals surface area contributed by atoms with Gasteiger partial charge in [0.15, 0.2) is 0 Å². The van der Waals surface area contributed by atoms with E-state index in [1.165, 1.54) is 144 Å². The lowest BCUT2D eigenvalue weighted by atomic mass is 9.81. The van der Waals surface area contributed by atoms with Crippen molar-refractivity contribution in [2.24, 2.45) is 0 Å². The lowest BCUT2D eigenvalue weighted by Crippen LogP contribution is -1.95. The Morgan fingerprint density at radius 3 is 0.667 bits per heavy atom. The number of benzene rings is 12. The van der Waals surface area contributed by atoms with Gasteiger partial charge < -0.3 is 0 Å². The molecule has 0 spiro atoms. The van der Waals surface area contributed by atoms with Crippen LogP contribution in [0, 0.1) is 0 Å². The molecule has 0 atom stereocenters. The Morgan fingerprint density at radius 2 is 0.394 bits per heavy atom. The van der Waals surface area contributed by atoms with Gasteiger partial charge in [0.25, 0.3) is 0 Å². The Hall–Kier alpha value is -8.58. The van der Waals surface area contributed by atoms with Crippen LogP contribution in [0.1, 0.15) is 0 Å². The number of fused-ring (bicyclic) bond motifs is 8. The second-order valence-electron chi connectivity index (χ2n) is 17.8. The molecule has 2 aliphatic carbocycles. The van der Waals surface area contributed by atoms with Gasteiger partial charge in [0, 0.05) is 0 Å². The van der Waals surface area contributed by atoms with Gasteiger partial charge in [0.05, 0.1) is 0 Å². The van der Waals surface area contributed by atoms with Crippen LogP contribution in [0.2, 0.25) is 0 Å². The molecular weight excluding hydrogens is 793 g/mol. The van der Waals surface area contributed by atoms with Gasteiger partial charge in [-0.3, -0.25) is 0 Å². The molecule has 0 aromatic heterocycles. The molecule has 12 aromatic rings. The Balaban J connectivity index is 1.14. The summed E-state index contributed by atoms with van der Waals surface area (Å²) in [5, 5.41) is 7.75. The second-order valence-corrected chi connectivity index (χ2v) is 17.8. The molecule has 12 aromatic carbocycles. The van der Waals surface area contributed by atoms with E-state index < -0.39 is 0 Å². The molecule has 14 rings (SSSR count). The van der Waals surface area contributed by atoms with Crippen molar-refractivity contribution < 1.29 is 0 Å². The summed E-state index contributed by atoms with van der Waals surface area (Å²) < 4.78 is 0. The molecule has 0 amide bonds. The first-order valence-electron chi connectivity index (χ1n) is 23.0. The third kappa shape index (κ3) is 5.33. The van der Waals surface area contributed by atoms with Gasteiger partial charge in [-0.25, -0.2) is 0 Å². The molecule has 0 unspecified atom stereocenters. The van der Waals surface area contributed by atoms with Crippen LogP contribution in [0.4, 0.5) is 0 Å². The van der Waals surface area contributed by atoms with E-state index in [-0.39, 0.29) is 0 Å². The maximum Gasteiger partial charge on any atom is -0.000740 e. The van der Waals surface area contributed by atoms with E-state index in [1.807, 2.05) is 0 Å². The SMILES string of the molecule is c1ccc(-c2ccc3c(-c4ccccc4)c4c(c(-c5ccccc5)c3c2)-c2ccc3c5c(ccc-4c25)-c2c-3c(-c3ccccc3)c3cc(-c4ccccc4)ccc3c2-c2ccccc2)cc1. The van der Waals surface area contributed by atoms with Gasteiger partial charge in [0.2, 0.25) is 0 Å². The summed E-state index contributed by atoms with van der Waals surface area (Å²) in [7, 11) is 0. The molecule has 0 saturated carbocycles. The zero-order valence-corrected chi connectivity index (χ0v) is 36.1. The Morgan fingerprint density at radius 1 is 0.152 bits per heavy atom. The highest BCUT2D eigenvalue weighted by Gasteiger charge is 2.37. The second kappa shape index (κ2) is 14.5. The maximum absolute atomic E-state index is 2.46. The summed E-state index contributed by atoms with van der Waals surface area (Å²) in [6, 6.07) is 90.2.